The first-order valence-electron chi connectivity index (χ1n) is 12.2. The van der Waals surface area contributed by atoms with Gasteiger partial charge >= 0.3 is 5.97 Å². The number of nitrogens with one attached hydrogen (secondary N) is 1. The average Bonchev–Trinajstić information content (AvgIpc) is 3.45. The van der Waals surface area contributed by atoms with Crippen LogP contribution in [0.4, 0.5) is 4.39 Å². The number of halogens is 1. The highest BCUT2D eigenvalue weighted by Crippen LogP contribution is 2.46. The Morgan fingerprint density at radius 2 is 1.97 bits per heavy atom. The van der Waals surface area contributed by atoms with E-state index in [-0.39, 0.29) is 17.6 Å². The number of carbonyl (C=O) groups is 1. The first-order chi connectivity index (χ1) is 17.2. The molecule has 1 aliphatic rings. The van der Waals surface area contributed by atoms with E-state index in [1.807, 2.05) is 0 Å². The number of hydrogen-bond acceptors (Lipinski definition) is 5. The maximum absolute atomic E-state index is 14.4. The van der Waals surface area contributed by atoms with Gasteiger partial charge in [0.1, 0.15) is 0 Å². The molecular weight excluding hydrogens is 463 g/mol. The minimum absolute atomic E-state index is 0.130. The smallest absolute Gasteiger partial charge is 0.306 e. The molecule has 0 bridgehead atoms. The number of aromatic amines is 1. The Balaban J connectivity index is 1.83. The van der Waals surface area contributed by atoms with Crippen molar-refractivity contribution in [3.8, 4) is 11.4 Å². The summed E-state index contributed by atoms with van der Waals surface area (Å²) in [7, 11) is 3.13. The van der Waals surface area contributed by atoms with Crippen LogP contribution < -0.4 is 4.74 Å². The van der Waals surface area contributed by atoms with Gasteiger partial charge in [-0.15, -0.1) is 0 Å². The maximum Gasteiger partial charge on any atom is 0.306 e. The standard InChI is InChI=1S/C27H31FN4O4/c1-27(2,14-35-3)24-22(15-5-7-16(8-6-15)26(33)34)23-20(11-17-13-29-31-25(17)30-23)32(24)18-9-10-19(28)21(12-18)36-4/h9-13,15-16H,5-8,14H2,1-4H3,(H,33,34)(H,29,30,31)/t15-,16-. The van der Waals surface area contributed by atoms with Crippen LogP contribution in [-0.4, -0.2) is 51.7 Å². The molecule has 0 radical (unpaired) electrons. The molecule has 0 atom stereocenters. The zero-order valence-electron chi connectivity index (χ0n) is 21.0. The Morgan fingerprint density at radius 3 is 2.64 bits per heavy atom. The zero-order valence-corrected chi connectivity index (χ0v) is 21.0. The van der Waals surface area contributed by atoms with Crippen molar-refractivity contribution in [2.24, 2.45) is 5.92 Å². The Morgan fingerprint density at radius 1 is 1.22 bits per heavy atom. The topological polar surface area (TPSA) is 102 Å². The third kappa shape index (κ3) is 4.01. The van der Waals surface area contributed by atoms with E-state index in [1.165, 1.54) is 13.2 Å². The van der Waals surface area contributed by atoms with E-state index < -0.39 is 17.2 Å². The molecule has 1 fully saturated rings. The molecule has 9 heteroatoms. The highest BCUT2D eigenvalue weighted by molar-refractivity contribution is 5.94. The largest absolute Gasteiger partial charge is 0.494 e. The molecule has 5 rings (SSSR count). The number of aromatic nitrogens is 4. The van der Waals surface area contributed by atoms with E-state index in [9.17, 15) is 14.3 Å². The maximum atomic E-state index is 14.4. The van der Waals surface area contributed by atoms with E-state index >= 15 is 0 Å². The number of nitrogens with zero attached hydrogens (tertiary/aromatic N) is 3. The van der Waals surface area contributed by atoms with Crippen molar-refractivity contribution in [1.29, 1.82) is 0 Å². The van der Waals surface area contributed by atoms with E-state index in [0.29, 0.717) is 25.1 Å². The minimum atomic E-state index is -0.730. The van der Waals surface area contributed by atoms with Gasteiger partial charge in [-0.25, -0.2) is 9.37 Å². The summed E-state index contributed by atoms with van der Waals surface area (Å²) in [5.41, 5.74) is 4.86. The summed E-state index contributed by atoms with van der Waals surface area (Å²) in [5, 5.41) is 17.6. The molecule has 0 spiro atoms. The lowest BCUT2D eigenvalue weighted by molar-refractivity contribution is -0.142. The summed E-state index contributed by atoms with van der Waals surface area (Å²) in [4.78, 5) is 16.6. The summed E-state index contributed by atoms with van der Waals surface area (Å²) in [6.07, 6.45) is 4.48. The number of rotatable bonds is 7. The number of carboxylic acids is 1. The van der Waals surface area contributed by atoms with Crippen molar-refractivity contribution in [3.63, 3.8) is 0 Å². The molecule has 0 unspecified atom stereocenters. The molecule has 3 aromatic heterocycles. The molecule has 0 amide bonds. The molecule has 3 heterocycles. The van der Waals surface area contributed by atoms with Gasteiger partial charge in [-0.3, -0.25) is 9.89 Å². The third-order valence-corrected chi connectivity index (χ3v) is 7.40. The van der Waals surface area contributed by atoms with Crippen LogP contribution in [0.3, 0.4) is 0 Å². The second-order valence-corrected chi connectivity index (χ2v) is 10.3. The second kappa shape index (κ2) is 9.20. The van der Waals surface area contributed by atoms with Crippen molar-refractivity contribution in [1.82, 2.24) is 19.7 Å². The predicted octanol–water partition coefficient (Wildman–Crippen LogP) is 5.33. The molecule has 0 aliphatic heterocycles. The fourth-order valence-corrected chi connectivity index (χ4v) is 5.76. The molecule has 2 N–H and O–H groups in total. The molecule has 8 nitrogen and oxygen atoms in total. The summed E-state index contributed by atoms with van der Waals surface area (Å²) in [6.45, 7) is 4.71. The van der Waals surface area contributed by atoms with Gasteiger partial charge in [0.15, 0.2) is 17.2 Å². The van der Waals surface area contributed by atoms with Gasteiger partial charge in [-0.1, -0.05) is 13.8 Å². The molecule has 36 heavy (non-hydrogen) atoms. The monoisotopic (exact) mass is 494 g/mol. The predicted molar refractivity (Wildman–Crippen MR) is 134 cm³/mol. The summed E-state index contributed by atoms with van der Waals surface area (Å²) < 4.78 is 27.5. The van der Waals surface area contributed by atoms with Gasteiger partial charge in [0.2, 0.25) is 0 Å². The Labute approximate surface area is 208 Å². The number of pyridine rings is 1. The number of ether oxygens (including phenoxy) is 2. The van der Waals surface area contributed by atoms with Crippen molar-refractivity contribution >= 4 is 28.0 Å². The van der Waals surface area contributed by atoms with Crippen LogP contribution >= 0.6 is 0 Å². The Hall–Kier alpha value is -3.46. The normalized spacial score (nSPS) is 18.7. The third-order valence-electron chi connectivity index (χ3n) is 7.40. The first kappa shape index (κ1) is 24.2. The van der Waals surface area contributed by atoms with Crippen LogP contribution in [0.1, 0.15) is 56.7 Å². The number of aliphatic carboxylic acids is 1. The fraction of sp³-hybridized carbons (Fsp3) is 0.444. The van der Waals surface area contributed by atoms with Crippen LogP contribution in [-0.2, 0) is 14.9 Å². The fourth-order valence-electron chi connectivity index (χ4n) is 5.76. The number of carboxylic acid groups (broad SMARTS) is 1. The van der Waals surface area contributed by atoms with Crippen molar-refractivity contribution in [3.05, 3.63) is 47.5 Å². The van der Waals surface area contributed by atoms with Gasteiger partial charge in [0.05, 0.1) is 36.9 Å². The van der Waals surface area contributed by atoms with E-state index in [4.69, 9.17) is 14.5 Å². The number of fused-ring (bicyclic) bond motifs is 2. The molecule has 1 aromatic carbocycles. The van der Waals surface area contributed by atoms with Crippen LogP contribution in [0.5, 0.6) is 5.75 Å². The van der Waals surface area contributed by atoms with Crippen LogP contribution in [0.25, 0.3) is 27.8 Å². The molecular formula is C27H31FN4O4. The minimum Gasteiger partial charge on any atom is -0.494 e. The average molecular weight is 495 g/mol. The summed E-state index contributed by atoms with van der Waals surface area (Å²) in [5.74, 6) is -1.19. The number of H-pyrrole nitrogens is 1. The molecule has 1 saturated carbocycles. The zero-order chi connectivity index (χ0) is 25.6. The van der Waals surface area contributed by atoms with E-state index in [1.54, 1.807) is 25.4 Å². The Kier molecular flexibility index (Phi) is 6.20. The van der Waals surface area contributed by atoms with Crippen LogP contribution in [0, 0.1) is 11.7 Å². The van der Waals surface area contributed by atoms with Crippen molar-refractivity contribution in [2.75, 3.05) is 20.8 Å². The van der Waals surface area contributed by atoms with Crippen molar-refractivity contribution < 1.29 is 23.8 Å². The summed E-state index contributed by atoms with van der Waals surface area (Å²) in [6, 6.07) is 6.91. The SMILES string of the molecule is COCC(C)(C)c1c([C@H]2CC[C@H](C(=O)O)CC2)c2nc3[nH]ncc3cc2n1-c1ccc(F)c(OC)c1. The van der Waals surface area contributed by atoms with Crippen LogP contribution in [0.2, 0.25) is 0 Å². The van der Waals surface area contributed by atoms with Crippen molar-refractivity contribution in [2.45, 2.75) is 50.9 Å². The lowest BCUT2D eigenvalue weighted by Crippen LogP contribution is -2.29. The van der Waals surface area contributed by atoms with Gasteiger partial charge in [0, 0.05) is 40.9 Å². The number of benzene rings is 1. The summed E-state index contributed by atoms with van der Waals surface area (Å²) >= 11 is 0. The quantitative estimate of drug-likeness (QED) is 0.360. The van der Waals surface area contributed by atoms with E-state index in [2.05, 4.69) is 34.7 Å². The van der Waals surface area contributed by atoms with Gasteiger partial charge < -0.3 is 19.1 Å². The van der Waals surface area contributed by atoms with E-state index in [0.717, 1.165) is 46.2 Å². The molecule has 1 aliphatic carbocycles. The number of methoxy groups -OCH3 is 2. The van der Waals surface area contributed by atoms with Gasteiger partial charge in [-0.05, 0) is 49.8 Å². The molecule has 190 valence electrons. The highest BCUT2D eigenvalue weighted by Gasteiger charge is 2.37. The second-order valence-electron chi connectivity index (χ2n) is 10.3. The van der Waals surface area contributed by atoms with Gasteiger partial charge in [-0.2, -0.15) is 5.10 Å². The molecule has 0 saturated heterocycles. The highest BCUT2D eigenvalue weighted by atomic mass is 19.1. The van der Waals surface area contributed by atoms with Gasteiger partial charge in [0.25, 0.3) is 0 Å². The Bertz CT molecular complexity index is 1430. The van der Waals surface area contributed by atoms with Crippen LogP contribution in [0.15, 0.2) is 30.5 Å². The molecule has 4 aromatic rings. The lowest BCUT2D eigenvalue weighted by atomic mass is 9.75. The number of hydrogen-bond donors (Lipinski definition) is 2. The lowest BCUT2D eigenvalue weighted by Gasteiger charge is -2.32. The first-order valence-corrected chi connectivity index (χ1v) is 12.2.